The van der Waals surface area contributed by atoms with Gasteiger partial charge in [0.25, 0.3) is 5.91 Å². The normalized spacial score (nSPS) is 13.0. The van der Waals surface area contributed by atoms with Crippen LogP contribution in [0.2, 0.25) is 0 Å². The molecule has 0 saturated heterocycles. The molecule has 6 nitrogen and oxygen atoms in total. The van der Waals surface area contributed by atoms with Gasteiger partial charge in [-0.15, -0.1) is 4.91 Å². The summed E-state index contributed by atoms with van der Waals surface area (Å²) in [6.45, 7) is 0.809. The van der Waals surface area contributed by atoms with Gasteiger partial charge in [-0.2, -0.15) is 0 Å². The van der Waals surface area contributed by atoms with Gasteiger partial charge in [0, 0.05) is 11.1 Å². The van der Waals surface area contributed by atoms with E-state index in [9.17, 15) is 14.5 Å². The molecule has 0 radical (unpaired) electrons. The molecule has 0 bridgehead atoms. The molecule has 110 valence electrons. The third-order valence-electron chi connectivity index (χ3n) is 3.48. The van der Waals surface area contributed by atoms with Gasteiger partial charge >= 0.3 is 0 Å². The summed E-state index contributed by atoms with van der Waals surface area (Å²) >= 11 is 0. The molecule has 1 amide bonds. The molecular formula is C16H12N2O4. The van der Waals surface area contributed by atoms with Crippen LogP contribution in [0.4, 0.5) is 11.4 Å². The average molecular weight is 296 g/mol. The molecule has 22 heavy (non-hydrogen) atoms. The van der Waals surface area contributed by atoms with Gasteiger partial charge in [0.1, 0.15) is 18.0 Å². The highest BCUT2D eigenvalue weighted by atomic mass is 16.5. The Morgan fingerprint density at radius 2 is 2.05 bits per heavy atom. The van der Waals surface area contributed by atoms with Gasteiger partial charge in [0.05, 0.1) is 12.2 Å². The molecule has 0 aliphatic carbocycles. The summed E-state index contributed by atoms with van der Waals surface area (Å²) in [6.07, 6.45) is 0.537. The van der Waals surface area contributed by atoms with Crippen molar-refractivity contribution in [1.29, 1.82) is 0 Å². The van der Waals surface area contributed by atoms with Crippen LogP contribution in [0.5, 0.6) is 5.75 Å². The summed E-state index contributed by atoms with van der Waals surface area (Å²) in [5.41, 5.74) is 1.10. The first kappa shape index (κ1) is 13.9. The number of fused-ring (bicyclic) bond motifs is 1. The van der Waals surface area contributed by atoms with Crippen LogP contribution in [-0.2, 0) is 0 Å². The molecule has 0 saturated carbocycles. The lowest BCUT2D eigenvalue weighted by Crippen LogP contribution is -2.37. The van der Waals surface area contributed by atoms with E-state index in [1.165, 1.54) is 18.2 Å². The number of nitroso groups, excluding NO2 is 1. The predicted octanol–water partition coefficient (Wildman–Crippen LogP) is 2.94. The van der Waals surface area contributed by atoms with Crippen LogP contribution in [0.3, 0.4) is 0 Å². The summed E-state index contributed by atoms with van der Waals surface area (Å²) in [5, 5.41) is 2.80. The van der Waals surface area contributed by atoms with Crippen molar-refractivity contribution in [3.63, 3.8) is 0 Å². The summed E-state index contributed by atoms with van der Waals surface area (Å²) in [5.74, 6) is 0.374. The summed E-state index contributed by atoms with van der Waals surface area (Å²) in [6, 6.07) is 11.5. The topological polar surface area (TPSA) is 76.0 Å². The fraction of sp³-hybridized carbons (Fsp3) is 0.125. The third kappa shape index (κ3) is 2.35. The number of hydrogen-bond acceptors (Lipinski definition) is 5. The van der Waals surface area contributed by atoms with Gasteiger partial charge in [-0.05, 0) is 35.5 Å². The molecule has 0 unspecified atom stereocenters. The van der Waals surface area contributed by atoms with Gasteiger partial charge in [-0.25, -0.2) is 0 Å². The van der Waals surface area contributed by atoms with Crippen LogP contribution in [0.25, 0.3) is 0 Å². The number of rotatable bonds is 3. The van der Waals surface area contributed by atoms with Crippen LogP contribution < -0.4 is 9.64 Å². The standard InChI is InChI=1S/C16H12N2O4/c19-10-12-6-5-11(9-13(12)17-21)16(20)18-7-8-22-15-4-2-1-3-14(15)18/h1-6,9-10H,7-8H2. The first-order valence-corrected chi connectivity index (χ1v) is 6.71. The predicted molar refractivity (Wildman–Crippen MR) is 80.9 cm³/mol. The van der Waals surface area contributed by atoms with Crippen molar-refractivity contribution < 1.29 is 14.3 Å². The van der Waals surface area contributed by atoms with Crippen LogP contribution in [0, 0.1) is 4.91 Å². The molecule has 0 fully saturated rings. The highest BCUT2D eigenvalue weighted by Gasteiger charge is 2.24. The first-order valence-electron chi connectivity index (χ1n) is 6.71. The van der Waals surface area contributed by atoms with Crippen LogP contribution in [0.15, 0.2) is 47.6 Å². The third-order valence-corrected chi connectivity index (χ3v) is 3.48. The lowest BCUT2D eigenvalue weighted by atomic mass is 10.1. The summed E-state index contributed by atoms with van der Waals surface area (Å²) in [7, 11) is 0. The molecule has 0 spiro atoms. The highest BCUT2D eigenvalue weighted by molar-refractivity contribution is 6.08. The molecule has 0 aromatic heterocycles. The van der Waals surface area contributed by atoms with Crippen LogP contribution in [-0.4, -0.2) is 25.3 Å². The van der Waals surface area contributed by atoms with E-state index in [4.69, 9.17) is 4.74 Å². The first-order chi connectivity index (χ1) is 10.7. The zero-order valence-corrected chi connectivity index (χ0v) is 11.6. The smallest absolute Gasteiger partial charge is 0.258 e. The van der Waals surface area contributed by atoms with E-state index < -0.39 is 0 Å². The SMILES string of the molecule is O=Cc1ccc(C(=O)N2CCOc3ccccc32)cc1N=O. The molecule has 3 rings (SSSR count). The van der Waals surface area contributed by atoms with E-state index in [1.54, 1.807) is 17.0 Å². The highest BCUT2D eigenvalue weighted by Crippen LogP contribution is 2.32. The van der Waals surface area contributed by atoms with Crippen molar-refractivity contribution in [2.75, 3.05) is 18.1 Å². The van der Waals surface area contributed by atoms with Crippen LogP contribution >= 0.6 is 0 Å². The molecule has 0 atom stereocenters. The Bertz CT molecular complexity index is 758. The number of anilines is 1. The molecule has 1 aliphatic rings. The second-order valence-electron chi connectivity index (χ2n) is 4.76. The van der Waals surface area contributed by atoms with E-state index >= 15 is 0 Å². The quantitative estimate of drug-likeness (QED) is 0.644. The Hall–Kier alpha value is -3.02. The number of ether oxygens (including phenoxy) is 1. The van der Waals surface area contributed by atoms with Crippen molar-refractivity contribution in [2.45, 2.75) is 0 Å². The maximum atomic E-state index is 12.7. The van der Waals surface area contributed by atoms with Crippen molar-refractivity contribution in [3.05, 3.63) is 58.5 Å². The number of aldehydes is 1. The Balaban J connectivity index is 1.99. The zero-order chi connectivity index (χ0) is 15.5. The van der Waals surface area contributed by atoms with Gasteiger partial charge in [-0.1, -0.05) is 12.1 Å². The van der Waals surface area contributed by atoms with Gasteiger partial charge in [-0.3, -0.25) is 9.59 Å². The molecule has 1 aliphatic heterocycles. The zero-order valence-electron chi connectivity index (χ0n) is 11.6. The molecule has 6 heteroatoms. The van der Waals surface area contributed by atoms with E-state index in [2.05, 4.69) is 5.18 Å². The monoisotopic (exact) mass is 296 g/mol. The minimum absolute atomic E-state index is 0.0394. The Kier molecular flexibility index (Phi) is 3.65. The molecule has 1 heterocycles. The second kappa shape index (κ2) is 5.77. The fourth-order valence-corrected chi connectivity index (χ4v) is 2.39. The van der Waals surface area contributed by atoms with Crippen molar-refractivity contribution in [1.82, 2.24) is 0 Å². The Labute approximate surface area is 126 Å². The lowest BCUT2D eigenvalue weighted by Gasteiger charge is -2.29. The van der Waals surface area contributed by atoms with E-state index in [0.29, 0.717) is 36.4 Å². The number of amides is 1. The Morgan fingerprint density at radius 3 is 2.82 bits per heavy atom. The number of carbonyl (C=O) groups excluding carboxylic acids is 2. The minimum atomic E-state index is -0.266. The van der Waals surface area contributed by atoms with E-state index in [0.717, 1.165) is 0 Å². The van der Waals surface area contributed by atoms with E-state index in [1.807, 2.05) is 12.1 Å². The number of benzene rings is 2. The van der Waals surface area contributed by atoms with Gasteiger partial charge in [0.2, 0.25) is 0 Å². The number of nitrogens with zero attached hydrogens (tertiary/aromatic N) is 2. The molecule has 2 aromatic rings. The lowest BCUT2D eigenvalue weighted by molar-refractivity contribution is 0.0976. The number of para-hydroxylation sites is 2. The summed E-state index contributed by atoms with van der Waals surface area (Å²) < 4.78 is 5.51. The number of hydrogen-bond donors (Lipinski definition) is 0. The molecular weight excluding hydrogens is 284 g/mol. The second-order valence-corrected chi connectivity index (χ2v) is 4.76. The van der Waals surface area contributed by atoms with E-state index in [-0.39, 0.29) is 17.2 Å². The Morgan fingerprint density at radius 1 is 1.23 bits per heavy atom. The van der Waals surface area contributed by atoms with Crippen molar-refractivity contribution in [2.24, 2.45) is 5.18 Å². The fourth-order valence-electron chi connectivity index (χ4n) is 2.39. The van der Waals surface area contributed by atoms with Gasteiger partial charge < -0.3 is 9.64 Å². The average Bonchev–Trinajstić information content (AvgIpc) is 2.60. The van der Waals surface area contributed by atoms with Gasteiger partial charge in [0.15, 0.2) is 6.29 Å². The molecule has 0 N–H and O–H groups in total. The summed E-state index contributed by atoms with van der Waals surface area (Å²) in [4.78, 5) is 35.9. The molecule has 2 aromatic carbocycles. The maximum absolute atomic E-state index is 12.7. The minimum Gasteiger partial charge on any atom is -0.490 e. The number of carbonyl (C=O) groups is 2. The van der Waals surface area contributed by atoms with Crippen LogP contribution in [0.1, 0.15) is 20.7 Å². The largest absolute Gasteiger partial charge is 0.490 e. The maximum Gasteiger partial charge on any atom is 0.258 e. The van der Waals surface area contributed by atoms with Crippen molar-refractivity contribution >= 4 is 23.6 Å². The van der Waals surface area contributed by atoms with Crippen molar-refractivity contribution in [3.8, 4) is 5.75 Å².